The van der Waals surface area contributed by atoms with Crippen LogP contribution >= 0.6 is 11.6 Å². The van der Waals surface area contributed by atoms with Gasteiger partial charge in [-0.15, -0.1) is 0 Å². The Labute approximate surface area is 147 Å². The third-order valence-corrected chi connectivity index (χ3v) is 4.58. The number of carbonyl (C=O) groups is 1. The first kappa shape index (κ1) is 16.8. The molecule has 0 bridgehead atoms. The Bertz CT molecular complexity index is 676. The van der Waals surface area contributed by atoms with Crippen molar-refractivity contribution in [3.05, 3.63) is 65.2 Å². The number of ether oxygens (including phenoxy) is 1. The van der Waals surface area contributed by atoms with Crippen LogP contribution in [0.3, 0.4) is 0 Å². The molecule has 0 spiro atoms. The molecule has 2 aromatic carbocycles. The van der Waals surface area contributed by atoms with E-state index in [1.807, 2.05) is 35.2 Å². The zero-order valence-electron chi connectivity index (χ0n) is 13.4. The van der Waals surface area contributed by atoms with Crippen molar-refractivity contribution in [1.29, 1.82) is 0 Å². The van der Waals surface area contributed by atoms with Gasteiger partial charge in [-0.2, -0.15) is 0 Å². The van der Waals surface area contributed by atoms with E-state index in [0.717, 1.165) is 18.5 Å². The fraction of sp³-hybridized carbons (Fsp3) is 0.316. The molecule has 5 heteroatoms. The zero-order valence-corrected chi connectivity index (χ0v) is 14.2. The van der Waals surface area contributed by atoms with E-state index in [2.05, 4.69) is 0 Å². The second-order valence-electron chi connectivity index (χ2n) is 6.04. The molecular formula is C19H21ClN2O2. The zero-order chi connectivity index (χ0) is 16.9. The van der Waals surface area contributed by atoms with Gasteiger partial charge in [0.15, 0.2) is 0 Å². The maximum Gasteiger partial charge on any atom is 0.268 e. The van der Waals surface area contributed by atoms with Crippen molar-refractivity contribution in [1.82, 2.24) is 4.90 Å². The summed E-state index contributed by atoms with van der Waals surface area (Å²) >= 11 is 5.92. The van der Waals surface area contributed by atoms with E-state index in [-0.39, 0.29) is 5.91 Å². The Morgan fingerprint density at radius 3 is 2.54 bits per heavy atom. The van der Waals surface area contributed by atoms with E-state index >= 15 is 0 Å². The Balaban J connectivity index is 1.82. The van der Waals surface area contributed by atoms with Crippen LogP contribution in [0.2, 0.25) is 5.02 Å². The van der Waals surface area contributed by atoms with Crippen molar-refractivity contribution in [3.63, 3.8) is 0 Å². The van der Waals surface area contributed by atoms with Crippen LogP contribution in [0.4, 0.5) is 0 Å². The predicted molar refractivity (Wildman–Crippen MR) is 95.0 cm³/mol. The van der Waals surface area contributed by atoms with E-state index in [1.165, 1.54) is 0 Å². The second-order valence-corrected chi connectivity index (χ2v) is 6.47. The van der Waals surface area contributed by atoms with Crippen LogP contribution in [0, 0.1) is 5.92 Å². The van der Waals surface area contributed by atoms with Crippen LogP contribution in [0.1, 0.15) is 18.1 Å². The molecule has 1 aliphatic heterocycles. The summed E-state index contributed by atoms with van der Waals surface area (Å²) in [4.78, 5) is 14.9. The van der Waals surface area contributed by atoms with Gasteiger partial charge in [-0.05, 0) is 43.1 Å². The highest BCUT2D eigenvalue weighted by Crippen LogP contribution is 2.27. The Morgan fingerprint density at radius 1 is 1.21 bits per heavy atom. The van der Waals surface area contributed by atoms with Gasteiger partial charge in [0.2, 0.25) is 6.10 Å². The summed E-state index contributed by atoms with van der Waals surface area (Å²) in [6.07, 6.45) is 0.286. The lowest BCUT2D eigenvalue weighted by molar-refractivity contribution is -0.138. The summed E-state index contributed by atoms with van der Waals surface area (Å²) in [6.45, 7) is 2.04. The van der Waals surface area contributed by atoms with Gasteiger partial charge in [-0.1, -0.05) is 41.9 Å². The summed E-state index contributed by atoms with van der Waals surface area (Å²) in [6, 6.07) is 16.6. The summed E-state index contributed by atoms with van der Waals surface area (Å²) < 4.78 is 6.02. The predicted octanol–water partition coefficient (Wildman–Crippen LogP) is 3.27. The normalized spacial score (nSPS) is 18.4. The molecule has 1 amide bonds. The number of hydrogen-bond donors (Lipinski definition) is 1. The van der Waals surface area contributed by atoms with E-state index in [0.29, 0.717) is 29.8 Å². The number of benzene rings is 2. The molecule has 0 saturated carbocycles. The Morgan fingerprint density at radius 2 is 1.92 bits per heavy atom. The maximum atomic E-state index is 13.0. The highest BCUT2D eigenvalue weighted by molar-refractivity contribution is 6.30. The van der Waals surface area contributed by atoms with Crippen LogP contribution < -0.4 is 10.5 Å². The van der Waals surface area contributed by atoms with Crippen LogP contribution in [0.25, 0.3) is 0 Å². The summed E-state index contributed by atoms with van der Waals surface area (Å²) in [5.74, 6) is 0.976. The minimum absolute atomic E-state index is 0.0212. The molecule has 1 saturated heterocycles. The lowest BCUT2D eigenvalue weighted by Crippen LogP contribution is -2.36. The molecule has 0 aromatic heterocycles. The molecular weight excluding hydrogens is 324 g/mol. The van der Waals surface area contributed by atoms with Crippen molar-refractivity contribution in [2.45, 2.75) is 12.5 Å². The number of likely N-dealkylation sites (tertiary alicyclic amines) is 1. The molecule has 2 N–H and O–H groups in total. The van der Waals surface area contributed by atoms with Crippen molar-refractivity contribution < 1.29 is 9.53 Å². The van der Waals surface area contributed by atoms with Gasteiger partial charge in [0.25, 0.3) is 5.91 Å². The standard InChI is InChI=1S/C19H21ClN2O2/c20-16-6-8-17(9-7-16)24-18(15-4-2-1-3-5-15)19(23)22-11-10-14(12-21)13-22/h1-9,14,18H,10-13,21H2. The van der Waals surface area contributed by atoms with Gasteiger partial charge >= 0.3 is 0 Å². The number of carbonyl (C=O) groups excluding carboxylic acids is 1. The van der Waals surface area contributed by atoms with Crippen molar-refractivity contribution >= 4 is 17.5 Å². The smallest absolute Gasteiger partial charge is 0.268 e. The van der Waals surface area contributed by atoms with Crippen LogP contribution in [-0.2, 0) is 4.79 Å². The van der Waals surface area contributed by atoms with Crippen LogP contribution in [-0.4, -0.2) is 30.4 Å². The minimum atomic E-state index is -0.663. The molecule has 1 fully saturated rings. The van der Waals surface area contributed by atoms with E-state index < -0.39 is 6.10 Å². The Kier molecular flexibility index (Phi) is 5.38. The number of halogens is 1. The molecule has 24 heavy (non-hydrogen) atoms. The third-order valence-electron chi connectivity index (χ3n) is 4.33. The molecule has 1 aliphatic rings. The van der Waals surface area contributed by atoms with E-state index in [1.54, 1.807) is 24.3 Å². The van der Waals surface area contributed by atoms with Crippen LogP contribution in [0.5, 0.6) is 5.75 Å². The number of nitrogens with two attached hydrogens (primary N) is 1. The average molecular weight is 345 g/mol. The SMILES string of the molecule is NCC1CCN(C(=O)C(Oc2ccc(Cl)cc2)c2ccccc2)C1. The number of nitrogens with zero attached hydrogens (tertiary/aromatic N) is 1. The average Bonchev–Trinajstić information content (AvgIpc) is 3.11. The topological polar surface area (TPSA) is 55.6 Å². The molecule has 2 unspecified atom stereocenters. The number of hydrogen-bond acceptors (Lipinski definition) is 3. The summed E-state index contributed by atoms with van der Waals surface area (Å²) in [7, 11) is 0. The molecule has 1 heterocycles. The van der Waals surface area contributed by atoms with Gasteiger partial charge in [0.05, 0.1) is 0 Å². The van der Waals surface area contributed by atoms with Crippen molar-refractivity contribution in [2.24, 2.45) is 11.7 Å². The lowest BCUT2D eigenvalue weighted by Gasteiger charge is -2.24. The quantitative estimate of drug-likeness (QED) is 0.905. The molecule has 126 valence electrons. The van der Waals surface area contributed by atoms with E-state index in [9.17, 15) is 4.79 Å². The summed E-state index contributed by atoms with van der Waals surface area (Å²) in [5, 5.41) is 0.635. The van der Waals surface area contributed by atoms with Crippen molar-refractivity contribution in [2.75, 3.05) is 19.6 Å². The monoisotopic (exact) mass is 344 g/mol. The summed E-state index contributed by atoms with van der Waals surface area (Å²) in [5.41, 5.74) is 6.58. The van der Waals surface area contributed by atoms with Gasteiger partial charge in [0, 0.05) is 23.7 Å². The van der Waals surface area contributed by atoms with Crippen molar-refractivity contribution in [3.8, 4) is 5.75 Å². The highest BCUT2D eigenvalue weighted by Gasteiger charge is 2.32. The van der Waals surface area contributed by atoms with Crippen LogP contribution in [0.15, 0.2) is 54.6 Å². The van der Waals surface area contributed by atoms with Gasteiger partial charge in [-0.3, -0.25) is 4.79 Å². The molecule has 4 nitrogen and oxygen atoms in total. The Hall–Kier alpha value is -2.04. The first-order valence-electron chi connectivity index (χ1n) is 8.13. The van der Waals surface area contributed by atoms with Gasteiger partial charge in [-0.25, -0.2) is 0 Å². The molecule has 2 atom stereocenters. The number of rotatable bonds is 5. The maximum absolute atomic E-state index is 13.0. The molecule has 0 aliphatic carbocycles. The van der Waals surface area contributed by atoms with Gasteiger partial charge < -0.3 is 15.4 Å². The minimum Gasteiger partial charge on any atom is -0.476 e. The van der Waals surface area contributed by atoms with Gasteiger partial charge in [0.1, 0.15) is 5.75 Å². The largest absolute Gasteiger partial charge is 0.476 e. The molecule has 3 rings (SSSR count). The molecule has 0 radical (unpaired) electrons. The second kappa shape index (κ2) is 7.69. The lowest BCUT2D eigenvalue weighted by atomic mass is 10.1. The first-order chi connectivity index (χ1) is 11.7. The van der Waals surface area contributed by atoms with E-state index in [4.69, 9.17) is 22.1 Å². The fourth-order valence-corrected chi connectivity index (χ4v) is 3.06. The third kappa shape index (κ3) is 3.89. The number of amides is 1. The highest BCUT2D eigenvalue weighted by atomic mass is 35.5. The fourth-order valence-electron chi connectivity index (χ4n) is 2.93. The molecule has 2 aromatic rings. The first-order valence-corrected chi connectivity index (χ1v) is 8.51.